The van der Waals surface area contributed by atoms with Crippen LogP contribution in [0, 0.1) is 13.8 Å². The third-order valence-electron chi connectivity index (χ3n) is 3.78. The minimum Gasteiger partial charge on any atom is -0.340 e. The maximum Gasteiger partial charge on any atom is 0.244 e. The van der Waals surface area contributed by atoms with Crippen LogP contribution >= 0.6 is 0 Å². The van der Waals surface area contributed by atoms with Gasteiger partial charge in [-0.3, -0.25) is 9.48 Å². The van der Waals surface area contributed by atoms with Crippen LogP contribution in [0.15, 0.2) is 24.7 Å². The molecule has 3 rings (SSSR count). The summed E-state index contributed by atoms with van der Waals surface area (Å²) in [5.74, 6) is 1.20. The maximum atomic E-state index is 12.3. The smallest absolute Gasteiger partial charge is 0.244 e. The Bertz CT molecular complexity index is 651. The highest BCUT2D eigenvalue weighted by molar-refractivity contribution is 5.76. The van der Waals surface area contributed by atoms with Gasteiger partial charge in [0, 0.05) is 37.1 Å². The second-order valence-electron chi connectivity index (χ2n) is 5.60. The fourth-order valence-electron chi connectivity index (χ4n) is 2.65. The second-order valence-corrected chi connectivity index (χ2v) is 5.60. The number of nitrogens with zero attached hydrogens (tertiary/aromatic N) is 5. The molecular formula is C15H19N5O. The highest BCUT2D eigenvalue weighted by Gasteiger charge is 2.29. The van der Waals surface area contributed by atoms with Crippen LogP contribution in [-0.2, 0) is 11.3 Å². The van der Waals surface area contributed by atoms with E-state index < -0.39 is 0 Å². The van der Waals surface area contributed by atoms with E-state index in [1.165, 1.54) is 0 Å². The van der Waals surface area contributed by atoms with Crippen LogP contribution in [0.5, 0.6) is 0 Å². The number of hydrogen-bond donors (Lipinski definition) is 0. The Morgan fingerprint density at radius 1 is 1.43 bits per heavy atom. The molecule has 0 aliphatic carbocycles. The molecule has 0 radical (unpaired) electrons. The summed E-state index contributed by atoms with van der Waals surface area (Å²) in [6.45, 7) is 5.69. The predicted octanol–water partition coefficient (Wildman–Crippen LogP) is 1.31. The molecule has 110 valence electrons. The first-order valence-electron chi connectivity index (χ1n) is 7.18. The molecule has 1 aliphatic heterocycles. The minimum atomic E-state index is 0.105. The van der Waals surface area contributed by atoms with Gasteiger partial charge in [-0.1, -0.05) is 0 Å². The topological polar surface area (TPSA) is 63.9 Å². The van der Waals surface area contributed by atoms with Crippen molar-refractivity contribution in [3.05, 3.63) is 41.7 Å². The van der Waals surface area contributed by atoms with Gasteiger partial charge in [0.2, 0.25) is 5.91 Å². The van der Waals surface area contributed by atoms with E-state index in [2.05, 4.69) is 15.1 Å². The van der Waals surface area contributed by atoms with Crippen molar-refractivity contribution in [1.82, 2.24) is 24.6 Å². The van der Waals surface area contributed by atoms with E-state index in [1.807, 2.05) is 31.0 Å². The van der Waals surface area contributed by atoms with Crippen LogP contribution in [0.25, 0.3) is 0 Å². The zero-order valence-electron chi connectivity index (χ0n) is 12.4. The lowest BCUT2D eigenvalue weighted by Gasteiger charge is -2.16. The van der Waals surface area contributed by atoms with E-state index in [9.17, 15) is 4.79 Å². The summed E-state index contributed by atoms with van der Waals surface area (Å²) in [6.07, 6.45) is 6.36. The van der Waals surface area contributed by atoms with Crippen molar-refractivity contribution in [2.24, 2.45) is 0 Å². The van der Waals surface area contributed by atoms with E-state index in [-0.39, 0.29) is 11.8 Å². The Morgan fingerprint density at radius 3 is 3.00 bits per heavy atom. The fourth-order valence-corrected chi connectivity index (χ4v) is 2.65. The van der Waals surface area contributed by atoms with Gasteiger partial charge in [-0.15, -0.1) is 0 Å². The largest absolute Gasteiger partial charge is 0.340 e. The SMILES string of the molecule is Cc1cnn(CC(=O)N2CC[C@H](c3nccc(C)n3)C2)c1. The molecule has 21 heavy (non-hydrogen) atoms. The highest BCUT2D eigenvalue weighted by atomic mass is 16.2. The van der Waals surface area contributed by atoms with Gasteiger partial charge in [-0.2, -0.15) is 5.10 Å². The lowest BCUT2D eigenvalue weighted by Crippen LogP contribution is -2.32. The lowest BCUT2D eigenvalue weighted by molar-refractivity contribution is -0.131. The van der Waals surface area contributed by atoms with Gasteiger partial charge in [-0.05, 0) is 31.9 Å². The molecule has 0 saturated carbocycles. The van der Waals surface area contributed by atoms with Crippen LogP contribution in [0.4, 0.5) is 0 Å². The molecule has 0 N–H and O–H groups in total. The first kappa shape index (κ1) is 13.7. The van der Waals surface area contributed by atoms with Gasteiger partial charge in [0.05, 0.1) is 6.20 Å². The Balaban J connectivity index is 1.62. The monoisotopic (exact) mass is 285 g/mol. The van der Waals surface area contributed by atoms with Gasteiger partial charge in [-0.25, -0.2) is 9.97 Å². The molecule has 1 aliphatic rings. The Kier molecular flexibility index (Phi) is 3.68. The summed E-state index contributed by atoms with van der Waals surface area (Å²) in [6, 6.07) is 1.89. The van der Waals surface area contributed by atoms with Crippen molar-refractivity contribution in [3.8, 4) is 0 Å². The lowest BCUT2D eigenvalue weighted by atomic mass is 10.1. The summed E-state index contributed by atoms with van der Waals surface area (Å²) >= 11 is 0. The van der Waals surface area contributed by atoms with E-state index in [0.717, 1.165) is 30.0 Å². The van der Waals surface area contributed by atoms with Crippen molar-refractivity contribution in [2.75, 3.05) is 13.1 Å². The van der Waals surface area contributed by atoms with Crippen LogP contribution in [0.2, 0.25) is 0 Å². The molecule has 0 bridgehead atoms. The Labute approximate surface area is 123 Å². The molecule has 0 spiro atoms. The van der Waals surface area contributed by atoms with Crippen LogP contribution in [0.3, 0.4) is 0 Å². The fraction of sp³-hybridized carbons (Fsp3) is 0.467. The summed E-state index contributed by atoms with van der Waals surface area (Å²) < 4.78 is 1.69. The summed E-state index contributed by atoms with van der Waals surface area (Å²) in [7, 11) is 0. The predicted molar refractivity (Wildman–Crippen MR) is 77.7 cm³/mol. The van der Waals surface area contributed by atoms with E-state index in [1.54, 1.807) is 17.1 Å². The molecule has 1 atom stereocenters. The van der Waals surface area contributed by atoms with Crippen molar-refractivity contribution < 1.29 is 4.79 Å². The molecular weight excluding hydrogens is 266 g/mol. The Morgan fingerprint density at radius 2 is 2.29 bits per heavy atom. The van der Waals surface area contributed by atoms with E-state index >= 15 is 0 Å². The number of likely N-dealkylation sites (tertiary alicyclic amines) is 1. The molecule has 1 fully saturated rings. The first-order valence-corrected chi connectivity index (χ1v) is 7.18. The highest BCUT2D eigenvalue weighted by Crippen LogP contribution is 2.24. The number of aromatic nitrogens is 4. The summed E-state index contributed by atoms with van der Waals surface area (Å²) in [5, 5.41) is 4.16. The van der Waals surface area contributed by atoms with Crippen molar-refractivity contribution in [2.45, 2.75) is 32.7 Å². The quantitative estimate of drug-likeness (QED) is 0.853. The minimum absolute atomic E-state index is 0.105. The molecule has 2 aromatic heterocycles. The Hall–Kier alpha value is -2.24. The number of hydrogen-bond acceptors (Lipinski definition) is 4. The molecule has 1 saturated heterocycles. The van der Waals surface area contributed by atoms with Crippen LogP contribution in [0.1, 0.15) is 29.4 Å². The van der Waals surface area contributed by atoms with Crippen molar-refractivity contribution in [1.29, 1.82) is 0 Å². The van der Waals surface area contributed by atoms with E-state index in [0.29, 0.717) is 13.1 Å². The van der Waals surface area contributed by atoms with Gasteiger partial charge in [0.1, 0.15) is 12.4 Å². The second kappa shape index (κ2) is 5.63. The molecule has 1 amide bonds. The number of carbonyl (C=O) groups excluding carboxylic acids is 1. The normalized spacial score (nSPS) is 18.2. The van der Waals surface area contributed by atoms with Crippen molar-refractivity contribution in [3.63, 3.8) is 0 Å². The summed E-state index contributed by atoms with van der Waals surface area (Å²) in [4.78, 5) is 23.0. The average Bonchev–Trinajstić information content (AvgIpc) is 3.08. The molecule has 0 unspecified atom stereocenters. The number of rotatable bonds is 3. The third-order valence-corrected chi connectivity index (χ3v) is 3.78. The van der Waals surface area contributed by atoms with Gasteiger partial charge in [0.25, 0.3) is 0 Å². The number of aryl methyl sites for hydroxylation is 2. The zero-order valence-corrected chi connectivity index (χ0v) is 12.4. The van der Waals surface area contributed by atoms with Gasteiger partial charge in [0.15, 0.2) is 0 Å². The zero-order chi connectivity index (χ0) is 14.8. The number of carbonyl (C=O) groups is 1. The molecule has 2 aromatic rings. The molecule has 0 aromatic carbocycles. The molecule has 6 heteroatoms. The summed E-state index contributed by atoms with van der Waals surface area (Å²) in [5.41, 5.74) is 2.03. The van der Waals surface area contributed by atoms with Crippen molar-refractivity contribution >= 4 is 5.91 Å². The molecule has 6 nitrogen and oxygen atoms in total. The molecule has 3 heterocycles. The van der Waals surface area contributed by atoms with E-state index in [4.69, 9.17) is 0 Å². The van der Waals surface area contributed by atoms with Crippen LogP contribution in [-0.4, -0.2) is 43.6 Å². The third kappa shape index (κ3) is 3.09. The van der Waals surface area contributed by atoms with Crippen LogP contribution < -0.4 is 0 Å². The first-order chi connectivity index (χ1) is 10.1. The van der Waals surface area contributed by atoms with Gasteiger partial charge >= 0.3 is 0 Å². The average molecular weight is 285 g/mol. The maximum absolute atomic E-state index is 12.3. The van der Waals surface area contributed by atoms with Gasteiger partial charge < -0.3 is 4.90 Å². The standard InChI is InChI=1S/C15H19N5O/c1-11-7-17-20(8-11)10-14(21)19-6-4-13(9-19)15-16-5-3-12(2)18-15/h3,5,7-8,13H,4,6,9-10H2,1-2H3/t13-/m0/s1. The number of amides is 1.